The maximum absolute atomic E-state index is 11.8. The lowest BCUT2D eigenvalue weighted by molar-refractivity contribution is -0.173. The summed E-state index contributed by atoms with van der Waals surface area (Å²) in [5.74, 6) is -1.47. The molecule has 1 saturated carbocycles. The molecule has 0 amide bonds. The number of methoxy groups -OCH3 is 1. The quantitative estimate of drug-likeness (QED) is 0.607. The van der Waals surface area contributed by atoms with E-state index >= 15 is 0 Å². The Morgan fingerprint density at radius 1 is 1.35 bits per heavy atom. The predicted octanol–water partition coefficient (Wildman–Crippen LogP) is 2.47. The lowest BCUT2D eigenvalue weighted by Gasteiger charge is -2.39. The third-order valence-corrected chi connectivity index (χ3v) is 4.23. The van der Waals surface area contributed by atoms with Gasteiger partial charge in [0.25, 0.3) is 0 Å². The van der Waals surface area contributed by atoms with Gasteiger partial charge in [-0.3, -0.25) is 9.59 Å². The molecule has 1 N–H and O–H groups in total. The van der Waals surface area contributed by atoms with E-state index in [0.717, 1.165) is 32.1 Å². The van der Waals surface area contributed by atoms with Crippen LogP contribution in [0.1, 0.15) is 46.0 Å². The number of hydrogen-bond acceptors (Lipinski definition) is 3. The summed E-state index contributed by atoms with van der Waals surface area (Å²) in [7, 11) is 1.26. The average molecular weight is 242 g/mol. The second-order valence-corrected chi connectivity index (χ2v) is 5.06. The van der Waals surface area contributed by atoms with Crippen molar-refractivity contribution in [3.63, 3.8) is 0 Å². The first-order valence-corrected chi connectivity index (χ1v) is 6.30. The predicted molar refractivity (Wildman–Crippen MR) is 63.5 cm³/mol. The standard InChI is InChI=1S/C13H22O4/c1-4-9-7-5-6-8-10(9)13(2,11(14)15)12(16)17-3/h9-10H,4-8H2,1-3H3,(H,14,15). The van der Waals surface area contributed by atoms with Gasteiger partial charge < -0.3 is 9.84 Å². The molecular weight excluding hydrogens is 220 g/mol. The van der Waals surface area contributed by atoms with Crippen LogP contribution in [0.15, 0.2) is 0 Å². The van der Waals surface area contributed by atoms with E-state index in [2.05, 4.69) is 6.92 Å². The Morgan fingerprint density at radius 3 is 2.41 bits per heavy atom. The summed E-state index contributed by atoms with van der Waals surface area (Å²) in [5, 5.41) is 9.40. The summed E-state index contributed by atoms with van der Waals surface area (Å²) in [6, 6.07) is 0. The van der Waals surface area contributed by atoms with Gasteiger partial charge in [-0.2, -0.15) is 0 Å². The molecule has 0 saturated heterocycles. The minimum Gasteiger partial charge on any atom is -0.480 e. The van der Waals surface area contributed by atoms with Crippen molar-refractivity contribution >= 4 is 11.9 Å². The van der Waals surface area contributed by atoms with E-state index in [-0.39, 0.29) is 5.92 Å². The smallest absolute Gasteiger partial charge is 0.323 e. The topological polar surface area (TPSA) is 63.6 Å². The Morgan fingerprint density at radius 2 is 1.94 bits per heavy atom. The molecule has 0 aromatic heterocycles. The van der Waals surface area contributed by atoms with E-state index in [0.29, 0.717) is 5.92 Å². The van der Waals surface area contributed by atoms with Crippen molar-refractivity contribution in [1.29, 1.82) is 0 Å². The van der Waals surface area contributed by atoms with Gasteiger partial charge in [-0.15, -0.1) is 0 Å². The largest absolute Gasteiger partial charge is 0.480 e. The van der Waals surface area contributed by atoms with Crippen LogP contribution in [-0.2, 0) is 14.3 Å². The van der Waals surface area contributed by atoms with Crippen molar-refractivity contribution in [1.82, 2.24) is 0 Å². The third kappa shape index (κ3) is 2.45. The molecule has 0 radical (unpaired) electrons. The van der Waals surface area contributed by atoms with Crippen molar-refractivity contribution in [2.75, 3.05) is 7.11 Å². The molecule has 1 rings (SSSR count). The average Bonchev–Trinajstić information content (AvgIpc) is 2.36. The summed E-state index contributed by atoms with van der Waals surface area (Å²) in [6.07, 6.45) is 4.87. The lowest BCUT2D eigenvalue weighted by Crippen LogP contribution is -2.47. The molecule has 0 heterocycles. The van der Waals surface area contributed by atoms with E-state index in [1.54, 1.807) is 0 Å². The lowest BCUT2D eigenvalue weighted by atomic mass is 9.64. The van der Waals surface area contributed by atoms with Crippen molar-refractivity contribution < 1.29 is 19.4 Å². The molecule has 17 heavy (non-hydrogen) atoms. The molecule has 98 valence electrons. The highest BCUT2D eigenvalue weighted by molar-refractivity contribution is 5.99. The number of carbonyl (C=O) groups excluding carboxylic acids is 1. The van der Waals surface area contributed by atoms with Crippen LogP contribution in [-0.4, -0.2) is 24.2 Å². The van der Waals surface area contributed by atoms with E-state index < -0.39 is 17.4 Å². The van der Waals surface area contributed by atoms with Gasteiger partial charge in [0.1, 0.15) is 0 Å². The highest BCUT2D eigenvalue weighted by Gasteiger charge is 2.52. The summed E-state index contributed by atoms with van der Waals surface area (Å²) in [4.78, 5) is 23.3. The van der Waals surface area contributed by atoms with Crippen LogP contribution in [0, 0.1) is 17.3 Å². The summed E-state index contributed by atoms with van der Waals surface area (Å²) in [6.45, 7) is 3.57. The summed E-state index contributed by atoms with van der Waals surface area (Å²) >= 11 is 0. The molecule has 4 nitrogen and oxygen atoms in total. The zero-order valence-corrected chi connectivity index (χ0v) is 10.9. The first-order chi connectivity index (χ1) is 7.98. The van der Waals surface area contributed by atoms with Crippen LogP contribution in [0.4, 0.5) is 0 Å². The molecule has 1 fully saturated rings. The molecular formula is C13H22O4. The van der Waals surface area contributed by atoms with Crippen LogP contribution in [0.5, 0.6) is 0 Å². The summed E-state index contributed by atoms with van der Waals surface area (Å²) < 4.78 is 4.70. The number of carboxylic acids is 1. The van der Waals surface area contributed by atoms with Crippen LogP contribution < -0.4 is 0 Å². The van der Waals surface area contributed by atoms with Crippen molar-refractivity contribution in [3.05, 3.63) is 0 Å². The normalized spacial score (nSPS) is 28.2. The number of aliphatic carboxylic acids is 1. The number of hydrogen-bond donors (Lipinski definition) is 1. The van der Waals surface area contributed by atoms with Crippen LogP contribution in [0.3, 0.4) is 0 Å². The van der Waals surface area contributed by atoms with Gasteiger partial charge in [0.05, 0.1) is 7.11 Å². The molecule has 0 spiro atoms. The SMILES string of the molecule is CCC1CCCCC1C(C)(C(=O)O)C(=O)OC. The second-order valence-electron chi connectivity index (χ2n) is 5.06. The Bertz CT molecular complexity index is 300. The van der Waals surface area contributed by atoms with E-state index in [1.165, 1.54) is 14.0 Å². The van der Waals surface area contributed by atoms with Crippen LogP contribution >= 0.6 is 0 Å². The molecule has 3 unspecified atom stereocenters. The maximum atomic E-state index is 11.8. The van der Waals surface area contributed by atoms with Gasteiger partial charge in [-0.25, -0.2) is 0 Å². The first-order valence-electron chi connectivity index (χ1n) is 6.30. The van der Waals surface area contributed by atoms with Crippen molar-refractivity contribution in [2.24, 2.45) is 17.3 Å². The molecule has 3 atom stereocenters. The fraction of sp³-hybridized carbons (Fsp3) is 0.846. The molecule has 1 aliphatic carbocycles. The molecule has 4 heteroatoms. The van der Waals surface area contributed by atoms with Crippen LogP contribution in [0.25, 0.3) is 0 Å². The number of rotatable bonds is 4. The first kappa shape index (κ1) is 14.0. The zero-order chi connectivity index (χ0) is 13.1. The zero-order valence-electron chi connectivity index (χ0n) is 10.9. The minimum atomic E-state index is -1.39. The van der Waals surface area contributed by atoms with Gasteiger partial charge in [-0.1, -0.05) is 32.6 Å². The molecule has 0 aromatic carbocycles. The van der Waals surface area contributed by atoms with Gasteiger partial charge in [-0.05, 0) is 25.2 Å². The number of esters is 1. The highest BCUT2D eigenvalue weighted by atomic mass is 16.5. The second kappa shape index (κ2) is 5.52. The summed E-state index contributed by atoms with van der Waals surface area (Å²) in [5.41, 5.74) is -1.39. The molecule has 0 aromatic rings. The van der Waals surface area contributed by atoms with Gasteiger partial charge in [0, 0.05) is 0 Å². The molecule has 0 aliphatic heterocycles. The number of carboxylic acid groups (broad SMARTS) is 1. The van der Waals surface area contributed by atoms with Crippen molar-refractivity contribution in [2.45, 2.75) is 46.0 Å². The van der Waals surface area contributed by atoms with E-state index in [9.17, 15) is 14.7 Å². The van der Waals surface area contributed by atoms with E-state index in [1.807, 2.05) is 0 Å². The monoisotopic (exact) mass is 242 g/mol. The van der Waals surface area contributed by atoms with Gasteiger partial charge in [0.2, 0.25) is 0 Å². The Balaban J connectivity index is 3.04. The molecule has 1 aliphatic rings. The Hall–Kier alpha value is -1.06. The van der Waals surface area contributed by atoms with Gasteiger partial charge in [0.15, 0.2) is 5.41 Å². The van der Waals surface area contributed by atoms with Gasteiger partial charge >= 0.3 is 11.9 Å². The Labute approximate surface area is 102 Å². The third-order valence-electron chi connectivity index (χ3n) is 4.23. The van der Waals surface area contributed by atoms with Crippen LogP contribution in [0.2, 0.25) is 0 Å². The number of ether oxygens (including phenoxy) is 1. The van der Waals surface area contributed by atoms with Crippen molar-refractivity contribution in [3.8, 4) is 0 Å². The van der Waals surface area contributed by atoms with E-state index in [4.69, 9.17) is 4.74 Å². The molecule has 0 bridgehead atoms. The fourth-order valence-electron chi connectivity index (χ4n) is 3.07. The maximum Gasteiger partial charge on any atom is 0.323 e. The minimum absolute atomic E-state index is 0.105. The Kier molecular flexibility index (Phi) is 4.54. The fourth-order valence-corrected chi connectivity index (χ4v) is 3.07. The highest BCUT2D eigenvalue weighted by Crippen LogP contribution is 2.44. The number of carbonyl (C=O) groups is 2.